The standard InChI is InChI=1S/C22H22N4O3S/c1-10(2)25-20(28)17-9-30-22(26-17)15-7-14(13-6-12(27)5-4-11(13)3)19(23)18-16(15)8-24-21(18)29/h4-7,9-10,27H,8,23H2,1-3H3,(H,24,29)(H,25,28). The van der Waals surface area contributed by atoms with Gasteiger partial charge >= 0.3 is 0 Å². The SMILES string of the molecule is Cc1ccc(O)cc1-c1cc(-c2nc(C(=O)NC(C)C)cs2)c2c(c1N)C(=O)NC2. The fourth-order valence-corrected chi connectivity index (χ4v) is 4.44. The molecule has 0 fully saturated rings. The molecule has 2 aromatic carbocycles. The van der Waals surface area contributed by atoms with Crippen LogP contribution in [0.15, 0.2) is 29.6 Å². The van der Waals surface area contributed by atoms with Crippen LogP contribution in [0.2, 0.25) is 0 Å². The van der Waals surface area contributed by atoms with Crippen LogP contribution in [0.1, 0.15) is 45.8 Å². The van der Waals surface area contributed by atoms with Crippen molar-refractivity contribution in [2.24, 2.45) is 0 Å². The summed E-state index contributed by atoms with van der Waals surface area (Å²) in [6, 6.07) is 6.93. The van der Waals surface area contributed by atoms with Crippen LogP contribution >= 0.6 is 11.3 Å². The molecule has 2 heterocycles. The zero-order chi connectivity index (χ0) is 21.6. The molecule has 5 N–H and O–H groups in total. The molecule has 3 aromatic rings. The number of phenols is 1. The molecule has 0 spiro atoms. The highest BCUT2D eigenvalue weighted by molar-refractivity contribution is 7.13. The lowest BCUT2D eigenvalue weighted by molar-refractivity contribution is 0.0936. The first-order valence-corrected chi connectivity index (χ1v) is 10.4. The predicted octanol–water partition coefficient (Wildman–Crippen LogP) is 3.45. The van der Waals surface area contributed by atoms with Crippen LogP contribution in [0.4, 0.5) is 5.69 Å². The third kappa shape index (κ3) is 3.39. The molecule has 7 nitrogen and oxygen atoms in total. The number of aromatic hydroxyl groups is 1. The van der Waals surface area contributed by atoms with Crippen LogP contribution in [-0.4, -0.2) is 27.9 Å². The van der Waals surface area contributed by atoms with Gasteiger partial charge in [-0.15, -0.1) is 11.3 Å². The highest BCUT2D eigenvalue weighted by Crippen LogP contribution is 2.42. The number of thiazole rings is 1. The van der Waals surface area contributed by atoms with Gasteiger partial charge in [-0.25, -0.2) is 4.98 Å². The maximum absolute atomic E-state index is 12.5. The van der Waals surface area contributed by atoms with Crippen molar-refractivity contribution in [1.82, 2.24) is 15.6 Å². The maximum atomic E-state index is 12.5. The van der Waals surface area contributed by atoms with E-state index < -0.39 is 0 Å². The number of nitrogen functional groups attached to an aromatic ring is 1. The third-order valence-corrected chi connectivity index (χ3v) is 5.90. The van der Waals surface area contributed by atoms with Crippen molar-refractivity contribution >= 4 is 28.8 Å². The summed E-state index contributed by atoms with van der Waals surface area (Å²) in [5.74, 6) is -0.362. The zero-order valence-corrected chi connectivity index (χ0v) is 17.7. The molecular formula is C22H22N4O3S. The van der Waals surface area contributed by atoms with E-state index in [1.165, 1.54) is 11.3 Å². The number of carbonyl (C=O) groups excluding carboxylic acids is 2. The molecule has 30 heavy (non-hydrogen) atoms. The van der Waals surface area contributed by atoms with Crippen LogP contribution in [0.5, 0.6) is 5.75 Å². The summed E-state index contributed by atoms with van der Waals surface area (Å²) in [6.07, 6.45) is 0. The van der Waals surface area contributed by atoms with Gasteiger partial charge in [-0.3, -0.25) is 9.59 Å². The number of phenolic OH excluding ortho intramolecular Hbond substituents is 1. The minimum Gasteiger partial charge on any atom is -0.508 e. The number of benzene rings is 2. The average molecular weight is 423 g/mol. The summed E-state index contributed by atoms with van der Waals surface area (Å²) < 4.78 is 0. The number of rotatable bonds is 4. The Morgan fingerprint density at radius 1 is 1.27 bits per heavy atom. The van der Waals surface area contributed by atoms with E-state index in [1.807, 2.05) is 26.8 Å². The number of nitrogens with zero attached hydrogens (tertiary/aromatic N) is 1. The number of hydrogen-bond acceptors (Lipinski definition) is 6. The molecule has 0 saturated carbocycles. The monoisotopic (exact) mass is 422 g/mol. The van der Waals surface area contributed by atoms with Crippen molar-refractivity contribution in [2.45, 2.75) is 33.4 Å². The number of fused-ring (bicyclic) bond motifs is 1. The molecule has 0 unspecified atom stereocenters. The smallest absolute Gasteiger partial charge is 0.270 e. The number of hydrogen-bond donors (Lipinski definition) is 4. The third-order valence-electron chi connectivity index (χ3n) is 5.03. The van der Waals surface area contributed by atoms with Crippen molar-refractivity contribution in [2.75, 3.05) is 5.73 Å². The Hall–Kier alpha value is -3.39. The van der Waals surface area contributed by atoms with Gasteiger partial charge in [0.2, 0.25) is 0 Å². The first-order chi connectivity index (χ1) is 14.3. The number of nitrogens with two attached hydrogens (primary N) is 1. The topological polar surface area (TPSA) is 117 Å². The molecule has 0 atom stereocenters. The van der Waals surface area contributed by atoms with E-state index in [9.17, 15) is 14.7 Å². The Bertz CT molecular complexity index is 1180. The van der Waals surface area contributed by atoms with Gasteiger partial charge in [0.1, 0.15) is 16.5 Å². The Morgan fingerprint density at radius 3 is 2.77 bits per heavy atom. The minimum atomic E-state index is -0.238. The first kappa shape index (κ1) is 19.9. The number of aryl methyl sites for hydroxylation is 1. The van der Waals surface area contributed by atoms with Gasteiger partial charge in [-0.05, 0) is 55.7 Å². The predicted molar refractivity (Wildman–Crippen MR) is 118 cm³/mol. The summed E-state index contributed by atoms with van der Waals surface area (Å²) in [7, 11) is 0. The van der Waals surface area contributed by atoms with Gasteiger partial charge in [0.05, 0.1) is 11.3 Å². The maximum Gasteiger partial charge on any atom is 0.270 e. The van der Waals surface area contributed by atoms with Crippen LogP contribution in [0.3, 0.4) is 0 Å². The molecule has 4 rings (SSSR count). The van der Waals surface area contributed by atoms with E-state index in [0.29, 0.717) is 34.1 Å². The molecule has 0 aliphatic carbocycles. The highest BCUT2D eigenvalue weighted by Gasteiger charge is 2.29. The lowest BCUT2D eigenvalue weighted by Gasteiger charge is -2.15. The second-order valence-electron chi connectivity index (χ2n) is 7.59. The van der Waals surface area contributed by atoms with Crippen molar-refractivity contribution in [3.8, 4) is 27.4 Å². The molecular weight excluding hydrogens is 400 g/mol. The van der Waals surface area contributed by atoms with Gasteiger partial charge in [0.25, 0.3) is 11.8 Å². The van der Waals surface area contributed by atoms with Crippen LogP contribution in [-0.2, 0) is 6.54 Å². The molecule has 1 aliphatic rings. The van der Waals surface area contributed by atoms with Gasteiger partial charge in [-0.1, -0.05) is 6.07 Å². The molecule has 0 radical (unpaired) electrons. The molecule has 0 bridgehead atoms. The number of nitrogens with one attached hydrogen (secondary N) is 2. The summed E-state index contributed by atoms with van der Waals surface area (Å²) in [6.45, 7) is 6.04. The second-order valence-corrected chi connectivity index (χ2v) is 8.44. The molecule has 8 heteroatoms. The summed E-state index contributed by atoms with van der Waals surface area (Å²) >= 11 is 1.34. The molecule has 1 aliphatic heterocycles. The van der Waals surface area contributed by atoms with Crippen molar-refractivity contribution in [3.05, 3.63) is 52.0 Å². The Kier molecular flexibility index (Phi) is 4.95. The zero-order valence-electron chi connectivity index (χ0n) is 16.9. The summed E-state index contributed by atoms with van der Waals surface area (Å²) in [4.78, 5) is 29.4. The molecule has 1 aromatic heterocycles. The molecule has 154 valence electrons. The van der Waals surface area contributed by atoms with E-state index in [2.05, 4.69) is 15.6 Å². The minimum absolute atomic E-state index is 0.00517. The number of anilines is 1. The first-order valence-electron chi connectivity index (χ1n) is 9.56. The lowest BCUT2D eigenvalue weighted by Crippen LogP contribution is -2.30. The quantitative estimate of drug-likeness (QED) is 0.481. The van der Waals surface area contributed by atoms with E-state index in [1.54, 1.807) is 23.6 Å². The van der Waals surface area contributed by atoms with Crippen molar-refractivity contribution < 1.29 is 14.7 Å². The Labute approximate surface area is 178 Å². The largest absolute Gasteiger partial charge is 0.508 e. The second kappa shape index (κ2) is 7.46. The van der Waals surface area contributed by atoms with Crippen LogP contribution < -0.4 is 16.4 Å². The molecule has 0 saturated heterocycles. The Balaban J connectivity index is 1.90. The molecule has 2 amide bonds. The van der Waals surface area contributed by atoms with Gasteiger partial charge in [0.15, 0.2) is 0 Å². The normalized spacial score (nSPS) is 12.7. The Morgan fingerprint density at radius 2 is 2.03 bits per heavy atom. The number of amides is 2. The lowest BCUT2D eigenvalue weighted by atomic mass is 9.91. The van der Waals surface area contributed by atoms with Crippen molar-refractivity contribution in [3.63, 3.8) is 0 Å². The van der Waals surface area contributed by atoms with E-state index in [4.69, 9.17) is 5.73 Å². The van der Waals surface area contributed by atoms with Crippen molar-refractivity contribution in [1.29, 1.82) is 0 Å². The fraction of sp³-hybridized carbons (Fsp3) is 0.227. The number of aromatic nitrogens is 1. The van der Waals surface area contributed by atoms with Gasteiger partial charge in [-0.2, -0.15) is 0 Å². The van der Waals surface area contributed by atoms with Crippen LogP contribution in [0.25, 0.3) is 21.7 Å². The summed E-state index contributed by atoms with van der Waals surface area (Å²) in [5.41, 5.74) is 11.4. The highest BCUT2D eigenvalue weighted by atomic mass is 32.1. The van der Waals surface area contributed by atoms with E-state index >= 15 is 0 Å². The fourth-order valence-electron chi connectivity index (χ4n) is 3.59. The number of carbonyl (C=O) groups is 2. The van der Waals surface area contributed by atoms with Crippen LogP contribution in [0, 0.1) is 6.92 Å². The van der Waals surface area contributed by atoms with E-state index in [0.717, 1.165) is 22.3 Å². The van der Waals surface area contributed by atoms with Gasteiger partial charge < -0.3 is 21.5 Å². The average Bonchev–Trinajstić information content (AvgIpc) is 3.32. The van der Waals surface area contributed by atoms with Gasteiger partial charge in [0, 0.05) is 29.1 Å². The van der Waals surface area contributed by atoms with E-state index in [-0.39, 0.29) is 23.6 Å². The summed E-state index contributed by atoms with van der Waals surface area (Å²) in [5, 5.41) is 18.0.